The second-order valence-corrected chi connectivity index (χ2v) is 6.27. The molecule has 7 heteroatoms. The molecule has 1 unspecified atom stereocenters. The lowest BCUT2D eigenvalue weighted by Crippen LogP contribution is -2.08. The highest BCUT2D eigenvalue weighted by molar-refractivity contribution is 5.68. The summed E-state index contributed by atoms with van der Waals surface area (Å²) in [5, 5.41) is 15.6. The lowest BCUT2D eigenvalue weighted by Gasteiger charge is -2.13. The third-order valence-corrected chi connectivity index (χ3v) is 4.27. The van der Waals surface area contributed by atoms with Crippen LogP contribution < -0.4 is 4.74 Å². The molecule has 0 saturated carbocycles. The fourth-order valence-electron chi connectivity index (χ4n) is 2.85. The summed E-state index contributed by atoms with van der Waals surface area (Å²) in [6, 6.07) is 10.5. The number of carbonyl (C=O) groups is 1. The van der Waals surface area contributed by atoms with Crippen LogP contribution in [0.2, 0.25) is 0 Å². The number of hydrogen-bond donors (Lipinski definition) is 2. The minimum atomic E-state index is -0.943. The Bertz CT molecular complexity index is 895. The summed E-state index contributed by atoms with van der Waals surface area (Å²) in [6.45, 7) is 2.00. The van der Waals surface area contributed by atoms with Gasteiger partial charge in [0, 0.05) is 12.6 Å². The maximum absolute atomic E-state index is 14.6. The zero-order valence-electron chi connectivity index (χ0n) is 14.9. The van der Waals surface area contributed by atoms with Gasteiger partial charge < -0.3 is 9.84 Å². The Morgan fingerprint density at radius 2 is 2.15 bits per heavy atom. The second kappa shape index (κ2) is 8.44. The number of ether oxygens (including phenoxy) is 1. The molecule has 0 saturated heterocycles. The maximum Gasteiger partial charge on any atom is 0.303 e. The molecule has 1 aromatic carbocycles. The number of aromatic nitrogens is 3. The molecule has 0 bridgehead atoms. The van der Waals surface area contributed by atoms with Crippen LogP contribution in [0.1, 0.15) is 30.4 Å². The predicted octanol–water partition coefficient (Wildman–Crippen LogP) is 3.81. The van der Waals surface area contributed by atoms with Crippen LogP contribution in [0.5, 0.6) is 5.75 Å². The van der Waals surface area contributed by atoms with Crippen LogP contribution in [0.25, 0.3) is 11.4 Å². The average molecular weight is 369 g/mol. The van der Waals surface area contributed by atoms with Crippen molar-refractivity contribution >= 4 is 5.97 Å². The van der Waals surface area contributed by atoms with E-state index in [4.69, 9.17) is 9.84 Å². The van der Waals surface area contributed by atoms with E-state index in [1.807, 2.05) is 12.1 Å². The van der Waals surface area contributed by atoms with Gasteiger partial charge in [0.15, 0.2) is 0 Å². The van der Waals surface area contributed by atoms with Gasteiger partial charge >= 0.3 is 5.97 Å². The molecular weight excluding hydrogens is 349 g/mol. The molecule has 1 atom stereocenters. The fourth-order valence-corrected chi connectivity index (χ4v) is 2.85. The van der Waals surface area contributed by atoms with Crippen LogP contribution in [0, 0.1) is 5.82 Å². The number of aromatic amines is 1. The van der Waals surface area contributed by atoms with Crippen molar-refractivity contribution in [1.82, 2.24) is 15.2 Å². The van der Waals surface area contributed by atoms with E-state index in [0.717, 1.165) is 11.4 Å². The second-order valence-electron chi connectivity index (χ2n) is 6.27. The first-order valence-electron chi connectivity index (χ1n) is 8.62. The van der Waals surface area contributed by atoms with E-state index < -0.39 is 5.97 Å². The summed E-state index contributed by atoms with van der Waals surface area (Å²) in [6.07, 6.45) is 3.53. The number of halogens is 1. The molecule has 0 aliphatic carbocycles. The standard InChI is InChI=1S/C20H20FN3O3/c1-13(11-19(25)26)16-4-2-3-14(20(16)21)8-10-27-15-5-6-17(22-12-15)18-7-9-23-24-18/h2-7,9,12-13H,8,10-11H2,1H3,(H,23,24)(H,25,26). The Hall–Kier alpha value is -3.22. The molecule has 2 N–H and O–H groups in total. The Labute approximate surface area is 156 Å². The molecule has 2 aromatic heterocycles. The molecule has 6 nitrogen and oxygen atoms in total. The maximum atomic E-state index is 14.6. The van der Waals surface area contributed by atoms with Gasteiger partial charge in [-0.1, -0.05) is 25.1 Å². The molecule has 0 radical (unpaired) electrons. The van der Waals surface area contributed by atoms with E-state index in [2.05, 4.69) is 15.2 Å². The van der Waals surface area contributed by atoms with Gasteiger partial charge in [-0.15, -0.1) is 0 Å². The van der Waals surface area contributed by atoms with Gasteiger partial charge in [0.25, 0.3) is 0 Å². The van der Waals surface area contributed by atoms with Crippen molar-refractivity contribution in [3.8, 4) is 17.1 Å². The van der Waals surface area contributed by atoms with Gasteiger partial charge in [-0.3, -0.25) is 14.9 Å². The monoisotopic (exact) mass is 369 g/mol. The fraction of sp³-hybridized carbons (Fsp3) is 0.250. The van der Waals surface area contributed by atoms with Crippen molar-refractivity contribution in [3.63, 3.8) is 0 Å². The van der Waals surface area contributed by atoms with Crippen molar-refractivity contribution in [1.29, 1.82) is 0 Å². The number of nitrogens with zero attached hydrogens (tertiary/aromatic N) is 2. The topological polar surface area (TPSA) is 88.1 Å². The van der Waals surface area contributed by atoms with E-state index in [1.165, 1.54) is 0 Å². The van der Waals surface area contributed by atoms with Gasteiger partial charge in [-0.2, -0.15) is 5.10 Å². The summed E-state index contributed by atoms with van der Waals surface area (Å²) >= 11 is 0. The molecule has 3 aromatic rings. The highest BCUT2D eigenvalue weighted by Crippen LogP contribution is 2.25. The lowest BCUT2D eigenvalue weighted by atomic mass is 9.94. The average Bonchev–Trinajstić information content (AvgIpc) is 3.18. The number of pyridine rings is 1. The van der Waals surface area contributed by atoms with Crippen LogP contribution in [-0.4, -0.2) is 32.9 Å². The highest BCUT2D eigenvalue weighted by atomic mass is 19.1. The normalized spacial score (nSPS) is 11.9. The number of benzene rings is 1. The first kappa shape index (κ1) is 18.6. The minimum absolute atomic E-state index is 0.106. The third kappa shape index (κ3) is 4.69. The van der Waals surface area contributed by atoms with Crippen molar-refractivity contribution in [2.45, 2.75) is 25.7 Å². The van der Waals surface area contributed by atoms with Crippen LogP contribution in [0.3, 0.4) is 0 Å². The zero-order chi connectivity index (χ0) is 19.2. The van der Waals surface area contributed by atoms with Gasteiger partial charge in [0.2, 0.25) is 0 Å². The molecular formula is C20H20FN3O3. The number of rotatable bonds is 8. The quantitative estimate of drug-likeness (QED) is 0.630. The summed E-state index contributed by atoms with van der Waals surface area (Å²) < 4.78 is 20.3. The first-order chi connectivity index (χ1) is 13.0. The zero-order valence-corrected chi connectivity index (χ0v) is 14.9. The van der Waals surface area contributed by atoms with E-state index in [0.29, 0.717) is 29.9 Å². The van der Waals surface area contributed by atoms with Crippen LogP contribution in [-0.2, 0) is 11.2 Å². The Balaban J connectivity index is 1.59. The van der Waals surface area contributed by atoms with E-state index >= 15 is 0 Å². The van der Waals surface area contributed by atoms with Crippen LogP contribution >= 0.6 is 0 Å². The number of carboxylic acid groups (broad SMARTS) is 1. The molecule has 0 aliphatic rings. The highest BCUT2D eigenvalue weighted by Gasteiger charge is 2.16. The molecule has 0 fully saturated rings. The molecule has 140 valence electrons. The van der Waals surface area contributed by atoms with E-state index in [-0.39, 0.29) is 18.2 Å². The summed E-state index contributed by atoms with van der Waals surface area (Å²) in [7, 11) is 0. The van der Waals surface area contributed by atoms with Crippen molar-refractivity contribution < 1.29 is 19.0 Å². The number of aliphatic carboxylic acids is 1. The summed E-state index contributed by atoms with van der Waals surface area (Å²) in [5.41, 5.74) is 2.49. The van der Waals surface area contributed by atoms with Gasteiger partial charge in [-0.25, -0.2) is 4.39 Å². The van der Waals surface area contributed by atoms with Crippen LogP contribution in [0.4, 0.5) is 4.39 Å². The molecule has 27 heavy (non-hydrogen) atoms. The predicted molar refractivity (Wildman–Crippen MR) is 98.1 cm³/mol. The molecule has 3 rings (SSSR count). The van der Waals surface area contributed by atoms with Crippen molar-refractivity contribution in [3.05, 3.63) is 65.7 Å². The largest absolute Gasteiger partial charge is 0.492 e. The summed E-state index contributed by atoms with van der Waals surface area (Å²) in [4.78, 5) is 15.2. The van der Waals surface area contributed by atoms with Gasteiger partial charge in [0.05, 0.1) is 30.6 Å². The number of hydrogen-bond acceptors (Lipinski definition) is 4. The Morgan fingerprint density at radius 3 is 2.81 bits per heavy atom. The minimum Gasteiger partial charge on any atom is -0.492 e. The van der Waals surface area contributed by atoms with Crippen molar-refractivity contribution in [2.75, 3.05) is 6.61 Å². The number of carboxylic acids is 1. The SMILES string of the molecule is CC(CC(=O)O)c1cccc(CCOc2ccc(-c3ccn[nH]3)nc2)c1F. The van der Waals surface area contributed by atoms with Crippen LogP contribution in [0.15, 0.2) is 48.8 Å². The van der Waals surface area contributed by atoms with Gasteiger partial charge in [0.1, 0.15) is 11.6 Å². The number of H-pyrrole nitrogens is 1. The Kier molecular flexibility index (Phi) is 5.80. The Morgan fingerprint density at radius 1 is 1.30 bits per heavy atom. The smallest absolute Gasteiger partial charge is 0.303 e. The van der Waals surface area contributed by atoms with E-state index in [9.17, 15) is 9.18 Å². The lowest BCUT2D eigenvalue weighted by molar-refractivity contribution is -0.137. The summed E-state index contributed by atoms with van der Waals surface area (Å²) in [5.74, 6) is -1.10. The first-order valence-corrected chi connectivity index (χ1v) is 8.62. The molecule has 0 aliphatic heterocycles. The number of nitrogens with one attached hydrogen (secondary N) is 1. The molecule has 0 spiro atoms. The van der Waals surface area contributed by atoms with Crippen molar-refractivity contribution in [2.24, 2.45) is 0 Å². The van der Waals surface area contributed by atoms with E-state index in [1.54, 1.807) is 43.6 Å². The molecule has 0 amide bonds. The van der Waals surface area contributed by atoms with Gasteiger partial charge in [-0.05, 0) is 35.2 Å². The third-order valence-electron chi connectivity index (χ3n) is 4.27. The molecule has 2 heterocycles.